The summed E-state index contributed by atoms with van der Waals surface area (Å²) in [6.07, 6.45) is 3.97. The Morgan fingerprint density at radius 2 is 2.33 bits per heavy atom. The van der Waals surface area contributed by atoms with E-state index in [1.54, 1.807) is 7.11 Å². The topological polar surface area (TPSA) is 24.5 Å². The van der Waals surface area contributed by atoms with Crippen LogP contribution in [0.2, 0.25) is 0 Å². The third kappa shape index (κ3) is 4.09. The molecule has 1 fully saturated rings. The van der Waals surface area contributed by atoms with Crippen LogP contribution < -0.4 is 5.32 Å². The number of likely N-dealkylation sites (tertiary alicyclic amines) is 1. The third-order valence-electron chi connectivity index (χ3n) is 3.44. The van der Waals surface area contributed by atoms with Gasteiger partial charge in [-0.15, -0.1) is 0 Å². The zero-order chi connectivity index (χ0) is 11.1. The van der Waals surface area contributed by atoms with Crippen molar-refractivity contribution in [1.29, 1.82) is 0 Å². The van der Waals surface area contributed by atoms with Gasteiger partial charge in [-0.2, -0.15) is 0 Å². The van der Waals surface area contributed by atoms with Gasteiger partial charge in [-0.3, -0.25) is 4.90 Å². The molecule has 0 aliphatic carbocycles. The molecule has 0 aromatic rings. The highest BCUT2D eigenvalue weighted by Crippen LogP contribution is 2.20. The summed E-state index contributed by atoms with van der Waals surface area (Å²) in [6.45, 7) is 8.81. The van der Waals surface area contributed by atoms with E-state index in [0.717, 1.165) is 31.8 Å². The molecule has 0 bridgehead atoms. The predicted octanol–water partition coefficient (Wildman–Crippen LogP) is 1.49. The molecular weight excluding hydrogens is 188 g/mol. The van der Waals surface area contributed by atoms with Gasteiger partial charge in [-0.1, -0.05) is 6.92 Å². The van der Waals surface area contributed by atoms with E-state index in [2.05, 4.69) is 24.1 Å². The summed E-state index contributed by atoms with van der Waals surface area (Å²) >= 11 is 0. The normalized spacial score (nSPS) is 24.6. The molecule has 3 heteroatoms. The lowest BCUT2D eigenvalue weighted by Gasteiger charge is -2.30. The fourth-order valence-corrected chi connectivity index (χ4v) is 2.33. The van der Waals surface area contributed by atoms with E-state index in [0.29, 0.717) is 0 Å². The molecule has 2 atom stereocenters. The van der Waals surface area contributed by atoms with Gasteiger partial charge in [0.1, 0.15) is 0 Å². The average Bonchev–Trinajstić information content (AvgIpc) is 2.71. The minimum Gasteiger partial charge on any atom is -0.383 e. The summed E-state index contributed by atoms with van der Waals surface area (Å²) in [5.74, 6) is 0. The molecule has 0 spiro atoms. The molecule has 1 aliphatic heterocycles. The minimum absolute atomic E-state index is 0.738. The van der Waals surface area contributed by atoms with Crippen molar-refractivity contribution in [1.82, 2.24) is 10.2 Å². The second-order valence-electron chi connectivity index (χ2n) is 4.49. The van der Waals surface area contributed by atoms with Crippen LogP contribution in [0.25, 0.3) is 0 Å². The smallest absolute Gasteiger partial charge is 0.0587 e. The largest absolute Gasteiger partial charge is 0.383 e. The fraction of sp³-hybridized carbons (Fsp3) is 1.00. The van der Waals surface area contributed by atoms with Crippen molar-refractivity contribution in [3.63, 3.8) is 0 Å². The molecule has 0 saturated carbocycles. The average molecular weight is 214 g/mol. The summed E-state index contributed by atoms with van der Waals surface area (Å²) < 4.78 is 5.03. The number of nitrogens with one attached hydrogen (secondary N) is 1. The summed E-state index contributed by atoms with van der Waals surface area (Å²) in [5.41, 5.74) is 0. The van der Waals surface area contributed by atoms with Gasteiger partial charge >= 0.3 is 0 Å². The maximum Gasteiger partial charge on any atom is 0.0587 e. The van der Waals surface area contributed by atoms with Crippen molar-refractivity contribution in [2.75, 3.05) is 33.4 Å². The Morgan fingerprint density at radius 3 is 3.00 bits per heavy atom. The van der Waals surface area contributed by atoms with Crippen molar-refractivity contribution in [3.05, 3.63) is 0 Å². The van der Waals surface area contributed by atoms with Gasteiger partial charge in [0.15, 0.2) is 0 Å². The van der Waals surface area contributed by atoms with E-state index in [4.69, 9.17) is 4.74 Å². The molecule has 1 aliphatic rings. The fourth-order valence-electron chi connectivity index (χ4n) is 2.33. The second kappa shape index (κ2) is 7.20. The lowest BCUT2D eigenvalue weighted by molar-refractivity contribution is 0.172. The van der Waals surface area contributed by atoms with Crippen molar-refractivity contribution >= 4 is 0 Å². The summed E-state index contributed by atoms with van der Waals surface area (Å²) in [6, 6.07) is 1.48. The number of hydrogen-bond acceptors (Lipinski definition) is 3. The highest BCUT2D eigenvalue weighted by molar-refractivity contribution is 4.83. The van der Waals surface area contributed by atoms with E-state index in [9.17, 15) is 0 Å². The van der Waals surface area contributed by atoms with Crippen LogP contribution in [-0.4, -0.2) is 50.3 Å². The molecular formula is C12H26N2O. The lowest BCUT2D eigenvalue weighted by atomic mass is 10.1. The molecule has 0 amide bonds. The summed E-state index contributed by atoms with van der Waals surface area (Å²) in [4.78, 5) is 2.65. The van der Waals surface area contributed by atoms with Gasteiger partial charge in [0.05, 0.1) is 6.61 Å². The molecule has 1 N–H and O–H groups in total. The SMILES string of the molecule is CCC(C)N1CCCC1CNCCOC. The number of nitrogens with zero attached hydrogens (tertiary/aromatic N) is 1. The molecule has 1 rings (SSSR count). The molecule has 0 aromatic heterocycles. The van der Waals surface area contributed by atoms with Crippen molar-refractivity contribution < 1.29 is 4.74 Å². The number of methoxy groups -OCH3 is 1. The van der Waals surface area contributed by atoms with Gasteiger partial charge in [0.25, 0.3) is 0 Å². The third-order valence-corrected chi connectivity index (χ3v) is 3.44. The van der Waals surface area contributed by atoms with E-state index >= 15 is 0 Å². The Kier molecular flexibility index (Phi) is 6.22. The molecule has 0 aromatic carbocycles. The van der Waals surface area contributed by atoms with Gasteiger partial charge in [0.2, 0.25) is 0 Å². The maximum atomic E-state index is 5.03. The van der Waals surface area contributed by atoms with Gasteiger partial charge in [0, 0.05) is 32.3 Å². The van der Waals surface area contributed by atoms with Crippen molar-refractivity contribution in [3.8, 4) is 0 Å². The van der Waals surface area contributed by atoms with E-state index in [1.807, 2.05) is 0 Å². The number of ether oxygens (including phenoxy) is 1. The summed E-state index contributed by atoms with van der Waals surface area (Å²) in [7, 11) is 1.75. The Balaban J connectivity index is 2.21. The minimum atomic E-state index is 0.738. The second-order valence-corrected chi connectivity index (χ2v) is 4.49. The Bertz CT molecular complexity index is 164. The Labute approximate surface area is 94.2 Å². The van der Waals surface area contributed by atoms with Crippen LogP contribution in [0.15, 0.2) is 0 Å². The van der Waals surface area contributed by atoms with E-state index in [-0.39, 0.29) is 0 Å². The Morgan fingerprint density at radius 1 is 1.53 bits per heavy atom. The first-order valence-electron chi connectivity index (χ1n) is 6.25. The Hall–Kier alpha value is -0.120. The zero-order valence-corrected chi connectivity index (χ0v) is 10.5. The van der Waals surface area contributed by atoms with Crippen LogP contribution >= 0.6 is 0 Å². The molecule has 0 radical (unpaired) electrons. The van der Waals surface area contributed by atoms with Crippen LogP contribution in [0, 0.1) is 0 Å². The van der Waals surface area contributed by atoms with Crippen LogP contribution in [0.5, 0.6) is 0 Å². The lowest BCUT2D eigenvalue weighted by Crippen LogP contribution is -2.43. The van der Waals surface area contributed by atoms with Crippen molar-refractivity contribution in [2.24, 2.45) is 0 Å². The van der Waals surface area contributed by atoms with Gasteiger partial charge in [-0.05, 0) is 32.7 Å². The monoisotopic (exact) mass is 214 g/mol. The molecule has 2 unspecified atom stereocenters. The van der Waals surface area contributed by atoms with E-state index in [1.165, 1.54) is 25.8 Å². The molecule has 1 heterocycles. The first-order chi connectivity index (χ1) is 7.29. The van der Waals surface area contributed by atoms with E-state index < -0.39 is 0 Å². The number of hydrogen-bond donors (Lipinski definition) is 1. The first kappa shape index (κ1) is 12.9. The highest BCUT2D eigenvalue weighted by Gasteiger charge is 2.26. The predicted molar refractivity (Wildman–Crippen MR) is 64.2 cm³/mol. The standard InChI is InChI=1S/C12H26N2O/c1-4-11(2)14-8-5-6-12(14)10-13-7-9-15-3/h11-13H,4-10H2,1-3H3. The molecule has 90 valence electrons. The van der Waals surface area contributed by atoms with Crippen LogP contribution in [0.3, 0.4) is 0 Å². The zero-order valence-electron chi connectivity index (χ0n) is 10.5. The maximum absolute atomic E-state index is 5.03. The highest BCUT2D eigenvalue weighted by atomic mass is 16.5. The quantitative estimate of drug-likeness (QED) is 0.650. The molecule has 3 nitrogen and oxygen atoms in total. The van der Waals surface area contributed by atoms with Crippen LogP contribution in [-0.2, 0) is 4.74 Å². The molecule has 15 heavy (non-hydrogen) atoms. The first-order valence-corrected chi connectivity index (χ1v) is 6.25. The summed E-state index contributed by atoms with van der Waals surface area (Å²) in [5, 5.41) is 3.47. The molecule has 1 saturated heterocycles. The van der Waals surface area contributed by atoms with Crippen LogP contribution in [0.4, 0.5) is 0 Å². The number of rotatable bonds is 7. The van der Waals surface area contributed by atoms with Crippen molar-refractivity contribution in [2.45, 2.75) is 45.2 Å². The van der Waals surface area contributed by atoms with Gasteiger partial charge in [-0.25, -0.2) is 0 Å². The van der Waals surface area contributed by atoms with Crippen LogP contribution in [0.1, 0.15) is 33.1 Å². The van der Waals surface area contributed by atoms with Gasteiger partial charge < -0.3 is 10.1 Å².